The van der Waals surface area contributed by atoms with Crippen molar-refractivity contribution in [2.75, 3.05) is 0 Å². The number of pyridine rings is 1. The summed E-state index contributed by atoms with van der Waals surface area (Å²) in [5, 5.41) is 5.68. The third-order valence-corrected chi connectivity index (χ3v) is 3.81. The lowest BCUT2D eigenvalue weighted by Crippen LogP contribution is -2.50. The third kappa shape index (κ3) is 7.23. The minimum atomic E-state index is -0.538. The smallest absolute Gasteiger partial charge is 0.243 e. The standard InChI is InChI=1S/C17H28N4O2/c1-4-12(2)16(21-15(22)9-8-13(3)18)17(23)20-11-14-7-5-6-10-19-14/h5-7,10,12-13,16H,4,8-9,11,18H2,1-3H3,(H,20,23)(H,21,22). The molecule has 0 aliphatic carbocycles. The highest BCUT2D eigenvalue weighted by Crippen LogP contribution is 2.09. The van der Waals surface area contributed by atoms with E-state index in [0.29, 0.717) is 19.4 Å². The number of hydrogen-bond acceptors (Lipinski definition) is 4. The quantitative estimate of drug-likeness (QED) is 0.640. The number of carbonyl (C=O) groups excluding carboxylic acids is 2. The van der Waals surface area contributed by atoms with Gasteiger partial charge in [0.15, 0.2) is 0 Å². The predicted molar refractivity (Wildman–Crippen MR) is 90.4 cm³/mol. The highest BCUT2D eigenvalue weighted by Gasteiger charge is 2.25. The van der Waals surface area contributed by atoms with Crippen molar-refractivity contribution >= 4 is 11.8 Å². The van der Waals surface area contributed by atoms with Gasteiger partial charge in [0, 0.05) is 18.7 Å². The van der Waals surface area contributed by atoms with E-state index < -0.39 is 6.04 Å². The number of nitrogens with zero attached hydrogens (tertiary/aromatic N) is 1. The first-order chi connectivity index (χ1) is 10.9. The molecule has 0 fully saturated rings. The third-order valence-electron chi connectivity index (χ3n) is 3.81. The molecule has 0 saturated carbocycles. The van der Waals surface area contributed by atoms with E-state index in [2.05, 4.69) is 15.6 Å². The molecular formula is C17H28N4O2. The minimum Gasteiger partial charge on any atom is -0.349 e. The van der Waals surface area contributed by atoms with Gasteiger partial charge in [-0.1, -0.05) is 26.3 Å². The van der Waals surface area contributed by atoms with Crippen LogP contribution in [0.1, 0.15) is 45.7 Å². The van der Waals surface area contributed by atoms with E-state index in [-0.39, 0.29) is 23.8 Å². The van der Waals surface area contributed by atoms with Crippen molar-refractivity contribution in [1.29, 1.82) is 0 Å². The monoisotopic (exact) mass is 320 g/mol. The second-order valence-corrected chi connectivity index (χ2v) is 5.99. The van der Waals surface area contributed by atoms with Crippen molar-refractivity contribution in [1.82, 2.24) is 15.6 Å². The normalized spacial score (nSPS) is 14.6. The van der Waals surface area contributed by atoms with Crippen LogP contribution in [-0.4, -0.2) is 28.9 Å². The fraction of sp³-hybridized carbons (Fsp3) is 0.588. The zero-order chi connectivity index (χ0) is 17.2. The molecule has 0 aromatic carbocycles. The second kappa shape index (κ2) is 9.94. The summed E-state index contributed by atoms with van der Waals surface area (Å²) in [6, 6.07) is 4.98. The Bertz CT molecular complexity index is 491. The first kappa shape index (κ1) is 19.1. The number of rotatable bonds is 9. The first-order valence-electron chi connectivity index (χ1n) is 8.16. The van der Waals surface area contributed by atoms with E-state index >= 15 is 0 Å². The Morgan fingerprint density at radius 2 is 2.04 bits per heavy atom. The van der Waals surface area contributed by atoms with Gasteiger partial charge in [-0.2, -0.15) is 0 Å². The maximum atomic E-state index is 12.4. The van der Waals surface area contributed by atoms with Gasteiger partial charge in [0.2, 0.25) is 11.8 Å². The highest BCUT2D eigenvalue weighted by atomic mass is 16.2. The Morgan fingerprint density at radius 3 is 2.61 bits per heavy atom. The first-order valence-corrected chi connectivity index (χ1v) is 8.16. The topological polar surface area (TPSA) is 97.1 Å². The number of hydrogen-bond donors (Lipinski definition) is 3. The predicted octanol–water partition coefficient (Wildman–Crippen LogP) is 1.36. The molecule has 4 N–H and O–H groups in total. The van der Waals surface area contributed by atoms with Gasteiger partial charge in [-0.15, -0.1) is 0 Å². The van der Waals surface area contributed by atoms with Gasteiger partial charge >= 0.3 is 0 Å². The van der Waals surface area contributed by atoms with Crippen LogP contribution in [0.2, 0.25) is 0 Å². The molecule has 3 atom stereocenters. The largest absolute Gasteiger partial charge is 0.349 e. The van der Waals surface area contributed by atoms with Crippen molar-refractivity contribution in [3.8, 4) is 0 Å². The summed E-state index contributed by atoms with van der Waals surface area (Å²) < 4.78 is 0. The average Bonchev–Trinajstić information content (AvgIpc) is 2.55. The Morgan fingerprint density at radius 1 is 1.30 bits per heavy atom. The molecule has 1 aromatic rings. The number of carbonyl (C=O) groups is 2. The summed E-state index contributed by atoms with van der Waals surface area (Å²) >= 11 is 0. The maximum Gasteiger partial charge on any atom is 0.243 e. The van der Waals surface area contributed by atoms with Crippen molar-refractivity contribution in [3.63, 3.8) is 0 Å². The summed E-state index contributed by atoms with van der Waals surface area (Å²) in [4.78, 5) is 28.6. The maximum absolute atomic E-state index is 12.4. The van der Waals surface area contributed by atoms with Gasteiger partial charge in [-0.05, 0) is 31.4 Å². The molecule has 3 unspecified atom stereocenters. The van der Waals surface area contributed by atoms with E-state index in [1.807, 2.05) is 39.0 Å². The minimum absolute atomic E-state index is 0.0271. The van der Waals surface area contributed by atoms with Gasteiger partial charge in [0.05, 0.1) is 12.2 Å². The molecule has 1 rings (SSSR count). The van der Waals surface area contributed by atoms with Crippen LogP contribution in [0.3, 0.4) is 0 Å². The zero-order valence-corrected chi connectivity index (χ0v) is 14.2. The lowest BCUT2D eigenvalue weighted by atomic mass is 9.98. The molecule has 2 amide bonds. The summed E-state index contributed by atoms with van der Waals surface area (Å²) in [6.07, 6.45) is 3.42. The van der Waals surface area contributed by atoms with Crippen LogP contribution >= 0.6 is 0 Å². The molecule has 6 nitrogen and oxygen atoms in total. The van der Waals surface area contributed by atoms with Crippen LogP contribution in [0, 0.1) is 5.92 Å². The summed E-state index contributed by atoms with van der Waals surface area (Å²) in [5.74, 6) is -0.266. The molecule has 0 saturated heterocycles. The number of nitrogens with two attached hydrogens (primary N) is 1. The molecule has 0 spiro atoms. The molecule has 1 aromatic heterocycles. The number of nitrogens with one attached hydrogen (secondary N) is 2. The van der Waals surface area contributed by atoms with Crippen LogP contribution in [-0.2, 0) is 16.1 Å². The van der Waals surface area contributed by atoms with Crippen molar-refractivity contribution in [2.24, 2.45) is 11.7 Å². The lowest BCUT2D eigenvalue weighted by Gasteiger charge is -2.23. The summed E-state index contributed by atoms with van der Waals surface area (Å²) in [6.45, 7) is 6.16. The Labute approximate surface area is 138 Å². The Hall–Kier alpha value is -1.95. The fourth-order valence-corrected chi connectivity index (χ4v) is 2.10. The molecule has 23 heavy (non-hydrogen) atoms. The molecule has 0 bridgehead atoms. The number of amides is 2. The van der Waals surface area contributed by atoms with E-state index in [9.17, 15) is 9.59 Å². The SMILES string of the molecule is CCC(C)C(NC(=O)CCC(C)N)C(=O)NCc1ccccn1. The Kier molecular flexibility index (Phi) is 8.26. The molecule has 0 radical (unpaired) electrons. The zero-order valence-electron chi connectivity index (χ0n) is 14.2. The van der Waals surface area contributed by atoms with Gasteiger partial charge in [0.25, 0.3) is 0 Å². The molecule has 0 aliphatic rings. The van der Waals surface area contributed by atoms with E-state index in [4.69, 9.17) is 5.73 Å². The fourth-order valence-electron chi connectivity index (χ4n) is 2.10. The van der Waals surface area contributed by atoms with Crippen LogP contribution in [0.15, 0.2) is 24.4 Å². The van der Waals surface area contributed by atoms with Crippen molar-refractivity contribution in [2.45, 2.75) is 58.7 Å². The Balaban J connectivity index is 2.58. The van der Waals surface area contributed by atoms with Crippen LogP contribution in [0.4, 0.5) is 0 Å². The van der Waals surface area contributed by atoms with Crippen LogP contribution in [0.5, 0.6) is 0 Å². The molecular weight excluding hydrogens is 292 g/mol. The van der Waals surface area contributed by atoms with Crippen LogP contribution < -0.4 is 16.4 Å². The molecule has 128 valence electrons. The van der Waals surface area contributed by atoms with E-state index in [1.165, 1.54) is 0 Å². The summed E-state index contributed by atoms with van der Waals surface area (Å²) in [5.41, 5.74) is 6.45. The van der Waals surface area contributed by atoms with Gasteiger partial charge in [0.1, 0.15) is 6.04 Å². The van der Waals surface area contributed by atoms with Crippen LogP contribution in [0.25, 0.3) is 0 Å². The van der Waals surface area contributed by atoms with E-state index in [1.54, 1.807) is 6.20 Å². The summed E-state index contributed by atoms with van der Waals surface area (Å²) in [7, 11) is 0. The molecule has 1 heterocycles. The van der Waals surface area contributed by atoms with E-state index in [0.717, 1.165) is 12.1 Å². The molecule has 6 heteroatoms. The van der Waals surface area contributed by atoms with Gasteiger partial charge in [-0.3, -0.25) is 14.6 Å². The van der Waals surface area contributed by atoms with Crippen molar-refractivity contribution in [3.05, 3.63) is 30.1 Å². The second-order valence-electron chi connectivity index (χ2n) is 5.99. The number of aromatic nitrogens is 1. The molecule has 0 aliphatic heterocycles. The lowest BCUT2D eigenvalue weighted by molar-refractivity contribution is -0.130. The average molecular weight is 320 g/mol. The van der Waals surface area contributed by atoms with Gasteiger partial charge < -0.3 is 16.4 Å². The van der Waals surface area contributed by atoms with Gasteiger partial charge in [-0.25, -0.2) is 0 Å². The highest BCUT2D eigenvalue weighted by molar-refractivity contribution is 5.87. The van der Waals surface area contributed by atoms with Crippen molar-refractivity contribution < 1.29 is 9.59 Å².